The van der Waals surface area contributed by atoms with Crippen LogP contribution in [0.1, 0.15) is 12.5 Å². The highest BCUT2D eigenvalue weighted by molar-refractivity contribution is 6.39. The van der Waals surface area contributed by atoms with Crippen LogP contribution in [-0.2, 0) is 19.2 Å². The van der Waals surface area contributed by atoms with Crippen LogP contribution in [0.15, 0.2) is 47.6 Å². The lowest BCUT2D eigenvalue weighted by Crippen LogP contribution is -2.32. The maximum Gasteiger partial charge on any atom is 0.329 e. The van der Waals surface area contributed by atoms with Gasteiger partial charge in [-0.1, -0.05) is 0 Å². The van der Waals surface area contributed by atoms with Gasteiger partial charge in [0.05, 0.1) is 13.3 Å². The first-order valence-electron chi connectivity index (χ1n) is 8.89. The molecule has 4 amide bonds. The summed E-state index contributed by atoms with van der Waals surface area (Å²) in [4.78, 5) is 45.7. The molecular weight excluding hydrogens is 406 g/mol. The van der Waals surface area contributed by atoms with E-state index < -0.39 is 17.7 Å². The van der Waals surface area contributed by atoms with Gasteiger partial charge in [0.15, 0.2) is 18.1 Å². The van der Waals surface area contributed by atoms with Crippen molar-refractivity contribution >= 4 is 41.2 Å². The van der Waals surface area contributed by atoms with E-state index in [1.807, 2.05) is 0 Å². The molecule has 0 heterocycles. The van der Waals surface area contributed by atoms with Crippen molar-refractivity contribution in [1.82, 2.24) is 5.43 Å². The van der Waals surface area contributed by atoms with E-state index in [0.29, 0.717) is 28.4 Å². The Hall–Kier alpha value is -4.41. The minimum atomic E-state index is -0.976. The fraction of sp³-hybridized carbons (Fsp3) is 0.150. The smallest absolute Gasteiger partial charge is 0.329 e. The van der Waals surface area contributed by atoms with E-state index in [1.165, 1.54) is 32.4 Å². The molecule has 5 N–H and O–H groups in total. The number of nitrogens with two attached hydrogens (primary N) is 1. The van der Waals surface area contributed by atoms with E-state index in [4.69, 9.17) is 15.2 Å². The third-order valence-electron chi connectivity index (χ3n) is 3.61. The minimum Gasteiger partial charge on any atom is -0.493 e. The van der Waals surface area contributed by atoms with Crippen molar-refractivity contribution in [3.8, 4) is 11.5 Å². The van der Waals surface area contributed by atoms with Gasteiger partial charge in [-0.3, -0.25) is 19.2 Å². The molecule has 0 aliphatic rings. The largest absolute Gasteiger partial charge is 0.493 e. The number of carbonyl (C=O) groups is 4. The summed E-state index contributed by atoms with van der Waals surface area (Å²) in [6.45, 7) is 1.08. The monoisotopic (exact) mass is 427 g/mol. The Kier molecular flexibility index (Phi) is 8.08. The topological polar surface area (TPSA) is 161 Å². The summed E-state index contributed by atoms with van der Waals surface area (Å²) in [6, 6.07) is 10.9. The van der Waals surface area contributed by atoms with Crippen LogP contribution in [0, 0.1) is 0 Å². The van der Waals surface area contributed by atoms with Crippen molar-refractivity contribution < 1.29 is 28.7 Å². The highest BCUT2D eigenvalue weighted by atomic mass is 16.5. The number of methoxy groups -OCH3 is 1. The van der Waals surface area contributed by atoms with Crippen LogP contribution >= 0.6 is 0 Å². The normalized spacial score (nSPS) is 10.3. The van der Waals surface area contributed by atoms with Gasteiger partial charge in [-0.2, -0.15) is 5.10 Å². The SMILES string of the molecule is COc1cc(/C=N/NC(=O)C(=O)Nc2ccc(NC(C)=O)cc2)ccc1OCC(N)=O. The van der Waals surface area contributed by atoms with Crippen molar-refractivity contribution in [3.05, 3.63) is 48.0 Å². The molecular formula is C20H21N5O6. The average Bonchev–Trinajstić information content (AvgIpc) is 2.73. The van der Waals surface area contributed by atoms with E-state index in [1.54, 1.807) is 30.3 Å². The second-order valence-electron chi connectivity index (χ2n) is 6.08. The number of hydrogen-bond donors (Lipinski definition) is 4. The van der Waals surface area contributed by atoms with E-state index in [9.17, 15) is 19.2 Å². The number of primary amides is 1. The van der Waals surface area contributed by atoms with Gasteiger partial charge in [-0.05, 0) is 48.0 Å². The van der Waals surface area contributed by atoms with Crippen molar-refractivity contribution in [2.24, 2.45) is 10.8 Å². The van der Waals surface area contributed by atoms with Gasteiger partial charge in [0.2, 0.25) is 5.91 Å². The minimum absolute atomic E-state index is 0.223. The van der Waals surface area contributed by atoms with Crippen LogP contribution < -0.4 is 31.3 Å². The summed E-state index contributed by atoms with van der Waals surface area (Å²) in [6.07, 6.45) is 1.30. The summed E-state index contributed by atoms with van der Waals surface area (Å²) in [5.74, 6) is -2.10. The molecule has 0 aliphatic heterocycles. The molecule has 11 heteroatoms. The molecule has 2 aromatic carbocycles. The highest BCUT2D eigenvalue weighted by Gasteiger charge is 2.13. The number of hydrazone groups is 1. The van der Waals surface area contributed by atoms with Gasteiger partial charge in [0.25, 0.3) is 5.91 Å². The fourth-order valence-corrected chi connectivity index (χ4v) is 2.28. The van der Waals surface area contributed by atoms with Crippen LogP contribution in [-0.4, -0.2) is 43.6 Å². The fourth-order valence-electron chi connectivity index (χ4n) is 2.28. The predicted molar refractivity (Wildman–Crippen MR) is 113 cm³/mol. The highest BCUT2D eigenvalue weighted by Crippen LogP contribution is 2.27. The standard InChI is InChI=1S/C20H21N5O6/c1-12(26)23-14-4-6-15(7-5-14)24-19(28)20(29)25-22-10-13-3-8-16(17(9-13)30-2)31-11-18(21)27/h3-10H,11H2,1-2H3,(H2,21,27)(H,23,26)(H,24,28)(H,25,29)/b22-10+. The molecule has 11 nitrogen and oxygen atoms in total. The molecule has 31 heavy (non-hydrogen) atoms. The summed E-state index contributed by atoms with van der Waals surface area (Å²) < 4.78 is 10.4. The second-order valence-corrected chi connectivity index (χ2v) is 6.08. The number of nitrogens with one attached hydrogen (secondary N) is 3. The quantitative estimate of drug-likeness (QED) is 0.274. The number of nitrogens with zero attached hydrogens (tertiary/aromatic N) is 1. The molecule has 2 rings (SSSR count). The number of carbonyl (C=O) groups excluding carboxylic acids is 4. The van der Waals surface area contributed by atoms with Crippen LogP contribution in [0.5, 0.6) is 11.5 Å². The van der Waals surface area contributed by atoms with Gasteiger partial charge in [-0.25, -0.2) is 5.43 Å². The molecule has 0 aliphatic carbocycles. The summed E-state index contributed by atoms with van der Waals surface area (Å²) in [5.41, 5.74) is 8.61. The maximum absolute atomic E-state index is 11.9. The van der Waals surface area contributed by atoms with Gasteiger partial charge >= 0.3 is 11.8 Å². The van der Waals surface area contributed by atoms with Crippen LogP contribution in [0.3, 0.4) is 0 Å². The Balaban J connectivity index is 1.91. The Bertz CT molecular complexity index is 1000. The van der Waals surface area contributed by atoms with Crippen molar-refractivity contribution in [1.29, 1.82) is 0 Å². The lowest BCUT2D eigenvalue weighted by atomic mass is 10.2. The molecule has 0 bridgehead atoms. The number of anilines is 2. The number of amides is 4. The number of ether oxygens (including phenoxy) is 2. The van der Waals surface area contributed by atoms with E-state index in [2.05, 4.69) is 21.2 Å². The van der Waals surface area contributed by atoms with Crippen molar-refractivity contribution in [3.63, 3.8) is 0 Å². The van der Waals surface area contributed by atoms with Crippen molar-refractivity contribution in [2.75, 3.05) is 24.4 Å². The van der Waals surface area contributed by atoms with Gasteiger partial charge in [-0.15, -0.1) is 0 Å². The summed E-state index contributed by atoms with van der Waals surface area (Å²) >= 11 is 0. The van der Waals surface area contributed by atoms with E-state index >= 15 is 0 Å². The molecule has 0 unspecified atom stereocenters. The van der Waals surface area contributed by atoms with Crippen molar-refractivity contribution in [2.45, 2.75) is 6.92 Å². The molecule has 0 saturated heterocycles. The lowest BCUT2D eigenvalue weighted by molar-refractivity contribution is -0.136. The molecule has 0 radical (unpaired) electrons. The third kappa shape index (κ3) is 7.49. The molecule has 0 spiro atoms. The number of rotatable bonds is 8. The first-order chi connectivity index (χ1) is 14.8. The van der Waals surface area contributed by atoms with Gasteiger partial charge in [0.1, 0.15) is 0 Å². The molecule has 0 fully saturated rings. The summed E-state index contributed by atoms with van der Waals surface area (Å²) in [5, 5.41) is 8.72. The van der Waals surface area contributed by atoms with E-state index in [-0.39, 0.29) is 12.5 Å². The Labute approximate surface area is 177 Å². The zero-order valence-electron chi connectivity index (χ0n) is 16.8. The second kappa shape index (κ2) is 11.0. The average molecular weight is 427 g/mol. The first kappa shape index (κ1) is 22.9. The number of benzene rings is 2. The van der Waals surface area contributed by atoms with E-state index in [0.717, 1.165) is 0 Å². The number of hydrogen-bond acceptors (Lipinski definition) is 7. The maximum atomic E-state index is 11.9. The third-order valence-corrected chi connectivity index (χ3v) is 3.61. The zero-order chi connectivity index (χ0) is 22.8. The molecule has 2 aromatic rings. The Morgan fingerprint density at radius 2 is 1.61 bits per heavy atom. The Morgan fingerprint density at radius 1 is 0.968 bits per heavy atom. The first-order valence-corrected chi connectivity index (χ1v) is 8.89. The Morgan fingerprint density at radius 3 is 2.19 bits per heavy atom. The van der Waals surface area contributed by atoms with Crippen LogP contribution in [0.25, 0.3) is 0 Å². The lowest BCUT2D eigenvalue weighted by Gasteiger charge is -2.09. The molecule has 162 valence electrons. The van der Waals surface area contributed by atoms with Crippen LogP contribution in [0.2, 0.25) is 0 Å². The molecule has 0 aromatic heterocycles. The summed E-state index contributed by atoms with van der Waals surface area (Å²) in [7, 11) is 1.42. The molecule has 0 atom stereocenters. The van der Waals surface area contributed by atoms with Crippen LogP contribution in [0.4, 0.5) is 11.4 Å². The predicted octanol–water partition coefficient (Wildman–Crippen LogP) is 0.606. The van der Waals surface area contributed by atoms with Gasteiger partial charge < -0.3 is 25.8 Å². The van der Waals surface area contributed by atoms with Gasteiger partial charge in [0, 0.05) is 18.3 Å². The molecule has 0 saturated carbocycles. The zero-order valence-corrected chi connectivity index (χ0v) is 16.8.